The first kappa shape index (κ1) is 23.1. The first-order valence-electron chi connectivity index (χ1n) is 11.8. The molecule has 3 aromatic rings. The highest BCUT2D eigenvalue weighted by Crippen LogP contribution is 2.27. The van der Waals surface area contributed by atoms with E-state index in [-0.39, 0.29) is 5.91 Å². The van der Waals surface area contributed by atoms with Crippen molar-refractivity contribution in [1.82, 2.24) is 20.0 Å². The van der Waals surface area contributed by atoms with Crippen LogP contribution in [0.4, 0.5) is 0 Å². The fourth-order valence-electron chi connectivity index (χ4n) is 4.48. The van der Waals surface area contributed by atoms with E-state index in [1.807, 2.05) is 42.8 Å². The lowest BCUT2D eigenvalue weighted by Gasteiger charge is -2.28. The number of methoxy groups -OCH3 is 1. The van der Waals surface area contributed by atoms with Gasteiger partial charge in [0.25, 0.3) is 5.91 Å². The van der Waals surface area contributed by atoms with Crippen molar-refractivity contribution in [3.05, 3.63) is 70.4 Å². The number of benzene rings is 1. The van der Waals surface area contributed by atoms with Crippen molar-refractivity contribution in [2.24, 2.45) is 0 Å². The molecule has 1 amide bonds. The molecule has 176 valence electrons. The molecule has 1 aliphatic rings. The molecule has 3 heterocycles. The van der Waals surface area contributed by atoms with E-state index in [0.717, 1.165) is 66.6 Å². The van der Waals surface area contributed by atoms with Gasteiger partial charge in [-0.1, -0.05) is 19.1 Å². The lowest BCUT2D eigenvalue weighted by Crippen LogP contribution is -2.34. The fourth-order valence-corrected chi connectivity index (χ4v) is 4.48. The highest BCUT2D eigenvalue weighted by Gasteiger charge is 2.28. The van der Waals surface area contributed by atoms with Gasteiger partial charge in [0.1, 0.15) is 17.3 Å². The summed E-state index contributed by atoms with van der Waals surface area (Å²) in [7, 11) is 1.67. The molecule has 33 heavy (non-hydrogen) atoms. The van der Waals surface area contributed by atoms with Gasteiger partial charge in [0.05, 0.1) is 13.7 Å². The molecule has 0 spiro atoms. The number of furan rings is 1. The number of aryl methyl sites for hydroxylation is 1. The van der Waals surface area contributed by atoms with E-state index < -0.39 is 0 Å². The Morgan fingerprint density at radius 3 is 2.88 bits per heavy atom. The highest BCUT2D eigenvalue weighted by atomic mass is 16.5. The number of nitrogens with zero attached hydrogens (tertiary/aromatic N) is 3. The maximum atomic E-state index is 12.8. The molecule has 0 aliphatic carbocycles. The summed E-state index contributed by atoms with van der Waals surface area (Å²) in [5, 5.41) is 7.69. The lowest BCUT2D eigenvalue weighted by atomic mass is 10.0. The van der Waals surface area contributed by atoms with Gasteiger partial charge in [-0.3, -0.25) is 14.4 Å². The topological polar surface area (TPSA) is 72.5 Å². The molecule has 1 unspecified atom stereocenters. The van der Waals surface area contributed by atoms with Gasteiger partial charge in [-0.2, -0.15) is 5.10 Å². The third-order valence-corrected chi connectivity index (χ3v) is 6.36. The Morgan fingerprint density at radius 2 is 2.15 bits per heavy atom. The molecule has 0 saturated heterocycles. The average molecular weight is 451 g/mol. The fraction of sp³-hybridized carbons (Fsp3) is 0.462. The number of amides is 1. The average Bonchev–Trinajstić information content (AvgIpc) is 3.41. The van der Waals surface area contributed by atoms with E-state index >= 15 is 0 Å². The monoisotopic (exact) mass is 450 g/mol. The van der Waals surface area contributed by atoms with E-state index in [1.165, 1.54) is 0 Å². The van der Waals surface area contributed by atoms with Crippen LogP contribution in [0.2, 0.25) is 0 Å². The molecule has 1 aromatic carbocycles. The van der Waals surface area contributed by atoms with Crippen LogP contribution >= 0.6 is 0 Å². The number of rotatable bonds is 9. The van der Waals surface area contributed by atoms with Crippen LogP contribution in [0.5, 0.6) is 5.75 Å². The molecule has 0 radical (unpaired) electrons. The number of ether oxygens (including phenoxy) is 1. The second kappa shape index (κ2) is 10.3. The quantitative estimate of drug-likeness (QED) is 0.530. The first-order valence-corrected chi connectivity index (χ1v) is 11.8. The highest BCUT2D eigenvalue weighted by molar-refractivity contribution is 5.94. The largest absolute Gasteiger partial charge is 0.497 e. The zero-order valence-corrected chi connectivity index (χ0v) is 20.1. The predicted molar refractivity (Wildman–Crippen MR) is 128 cm³/mol. The minimum atomic E-state index is -0.0978. The minimum absolute atomic E-state index is 0.0978. The maximum Gasteiger partial charge on any atom is 0.272 e. The van der Waals surface area contributed by atoms with Crippen LogP contribution in [0, 0.1) is 6.92 Å². The molecule has 7 heteroatoms. The van der Waals surface area contributed by atoms with Gasteiger partial charge in [0.15, 0.2) is 5.69 Å². The number of fused-ring (bicyclic) bond motifs is 1. The Labute approximate surface area is 195 Å². The van der Waals surface area contributed by atoms with Gasteiger partial charge in [-0.25, -0.2) is 0 Å². The van der Waals surface area contributed by atoms with E-state index in [1.54, 1.807) is 7.11 Å². The summed E-state index contributed by atoms with van der Waals surface area (Å²) in [5.74, 6) is 3.08. The summed E-state index contributed by atoms with van der Waals surface area (Å²) in [6.07, 6.45) is 1.89. The summed E-state index contributed by atoms with van der Waals surface area (Å²) in [6, 6.07) is 12.1. The van der Waals surface area contributed by atoms with Crippen LogP contribution in [-0.4, -0.2) is 47.3 Å². The first-order chi connectivity index (χ1) is 16.0. The number of hydrogen-bond acceptors (Lipinski definition) is 5. The van der Waals surface area contributed by atoms with Gasteiger partial charge < -0.3 is 14.5 Å². The zero-order valence-electron chi connectivity index (χ0n) is 20.1. The smallest absolute Gasteiger partial charge is 0.272 e. The Balaban J connectivity index is 1.51. The number of carbonyl (C=O) groups excluding carboxylic acids is 1. The predicted octanol–water partition coefficient (Wildman–Crippen LogP) is 4.14. The Morgan fingerprint density at radius 1 is 1.30 bits per heavy atom. The van der Waals surface area contributed by atoms with Gasteiger partial charge in [0.2, 0.25) is 0 Å². The Kier molecular flexibility index (Phi) is 7.18. The molecule has 7 nitrogen and oxygen atoms in total. The number of aromatic nitrogens is 2. The molecule has 4 rings (SSSR count). The molecule has 0 fully saturated rings. The van der Waals surface area contributed by atoms with E-state index in [9.17, 15) is 4.79 Å². The van der Waals surface area contributed by atoms with E-state index in [4.69, 9.17) is 14.3 Å². The van der Waals surface area contributed by atoms with Gasteiger partial charge in [-0.05, 0) is 56.6 Å². The lowest BCUT2D eigenvalue weighted by molar-refractivity contribution is 0.0947. The van der Waals surface area contributed by atoms with E-state index in [0.29, 0.717) is 24.7 Å². The van der Waals surface area contributed by atoms with Crippen molar-refractivity contribution >= 4 is 5.91 Å². The van der Waals surface area contributed by atoms with Crippen LogP contribution in [-0.2, 0) is 19.5 Å². The SMILES string of the molecule is CCNC(=O)c1nn(Cc2cccc(OC)c2)c2c1CN(CCC(C)c1ccc(C)o1)CC2. The van der Waals surface area contributed by atoms with Crippen LogP contribution in [0.1, 0.15) is 65.0 Å². The van der Waals surface area contributed by atoms with Crippen molar-refractivity contribution in [1.29, 1.82) is 0 Å². The Bertz CT molecular complexity index is 1100. The van der Waals surface area contributed by atoms with Crippen molar-refractivity contribution < 1.29 is 13.9 Å². The summed E-state index contributed by atoms with van der Waals surface area (Å²) < 4.78 is 13.2. The van der Waals surface area contributed by atoms with Gasteiger partial charge in [0, 0.05) is 43.2 Å². The molecule has 0 saturated carbocycles. The molecule has 1 atom stereocenters. The second-order valence-corrected chi connectivity index (χ2v) is 8.81. The molecular weight excluding hydrogens is 416 g/mol. The number of hydrogen-bond donors (Lipinski definition) is 1. The van der Waals surface area contributed by atoms with Crippen LogP contribution in [0.25, 0.3) is 0 Å². The standard InChI is InChI=1S/C26H34N4O3/c1-5-27-26(31)25-22-17-29(13-11-18(2)24-10-9-19(3)33-24)14-12-23(22)30(28-25)16-20-7-6-8-21(15-20)32-4/h6-10,15,18H,5,11-14,16-17H2,1-4H3,(H,27,31). The van der Waals surface area contributed by atoms with Crippen molar-refractivity contribution in [2.75, 3.05) is 26.7 Å². The maximum absolute atomic E-state index is 12.8. The number of nitrogens with one attached hydrogen (secondary N) is 1. The van der Waals surface area contributed by atoms with Crippen LogP contribution in [0.3, 0.4) is 0 Å². The Hall–Kier alpha value is -3.06. The van der Waals surface area contributed by atoms with E-state index in [2.05, 4.69) is 29.3 Å². The van der Waals surface area contributed by atoms with Crippen molar-refractivity contribution in [3.63, 3.8) is 0 Å². The molecular formula is C26H34N4O3. The summed E-state index contributed by atoms with van der Waals surface area (Å²) in [6.45, 7) is 9.97. The molecule has 1 aliphatic heterocycles. The summed E-state index contributed by atoms with van der Waals surface area (Å²) >= 11 is 0. The molecule has 2 aromatic heterocycles. The second-order valence-electron chi connectivity index (χ2n) is 8.81. The van der Waals surface area contributed by atoms with Gasteiger partial charge in [-0.15, -0.1) is 0 Å². The zero-order chi connectivity index (χ0) is 23.4. The van der Waals surface area contributed by atoms with Crippen LogP contribution < -0.4 is 10.1 Å². The molecule has 0 bridgehead atoms. The summed E-state index contributed by atoms with van der Waals surface area (Å²) in [4.78, 5) is 15.2. The van der Waals surface area contributed by atoms with Gasteiger partial charge >= 0.3 is 0 Å². The summed E-state index contributed by atoms with van der Waals surface area (Å²) in [5.41, 5.74) is 3.86. The van der Waals surface area contributed by atoms with Crippen molar-refractivity contribution in [2.45, 2.75) is 52.6 Å². The minimum Gasteiger partial charge on any atom is -0.497 e. The van der Waals surface area contributed by atoms with Crippen molar-refractivity contribution in [3.8, 4) is 5.75 Å². The number of carbonyl (C=O) groups is 1. The third-order valence-electron chi connectivity index (χ3n) is 6.36. The van der Waals surface area contributed by atoms with Crippen LogP contribution in [0.15, 0.2) is 40.8 Å². The third kappa shape index (κ3) is 5.30. The normalized spacial score (nSPS) is 14.7. The molecule has 1 N–H and O–H groups in total.